The van der Waals surface area contributed by atoms with Crippen LogP contribution in [0.5, 0.6) is 0 Å². The molecule has 0 aliphatic heterocycles. The molecule has 6 nitrogen and oxygen atoms in total. The van der Waals surface area contributed by atoms with Crippen LogP contribution in [-0.4, -0.2) is 23.9 Å². The number of primary amides is 1. The lowest BCUT2D eigenvalue weighted by atomic mass is 10.1. The third-order valence-corrected chi connectivity index (χ3v) is 2.33. The van der Waals surface area contributed by atoms with Gasteiger partial charge < -0.3 is 22.1 Å². The van der Waals surface area contributed by atoms with Crippen molar-refractivity contribution in [2.75, 3.05) is 17.6 Å². The first-order valence-electron chi connectivity index (χ1n) is 5.94. The third-order valence-electron chi connectivity index (χ3n) is 2.33. The molecule has 6 heteroatoms. The van der Waals surface area contributed by atoms with Gasteiger partial charge in [0.15, 0.2) is 0 Å². The molecule has 19 heavy (non-hydrogen) atoms. The minimum Gasteiger partial charge on any atom is -0.396 e. The molecule has 0 aromatic heterocycles. The molecule has 0 aliphatic carbocycles. The minimum absolute atomic E-state index is 0.0731. The molecule has 1 rings (SSSR count). The van der Waals surface area contributed by atoms with Gasteiger partial charge in [0, 0.05) is 5.54 Å². The Morgan fingerprint density at radius 2 is 1.89 bits per heavy atom. The second-order valence-corrected chi connectivity index (χ2v) is 5.28. The SMILES string of the molecule is CC(C)(C)NC(=O)CNc1cccc(C(N)=O)c1N. The number of benzene rings is 1. The highest BCUT2D eigenvalue weighted by molar-refractivity contribution is 6.01. The molecule has 0 saturated heterocycles. The molecule has 0 radical (unpaired) electrons. The number of nitrogen functional groups attached to an aromatic ring is 1. The molecule has 0 atom stereocenters. The Hall–Kier alpha value is -2.24. The van der Waals surface area contributed by atoms with Gasteiger partial charge in [0.25, 0.3) is 5.91 Å². The molecule has 0 heterocycles. The largest absolute Gasteiger partial charge is 0.396 e. The van der Waals surface area contributed by atoms with Crippen molar-refractivity contribution in [3.05, 3.63) is 23.8 Å². The normalized spacial score (nSPS) is 10.9. The van der Waals surface area contributed by atoms with Gasteiger partial charge in [-0.2, -0.15) is 0 Å². The molecular formula is C13H20N4O2. The Morgan fingerprint density at radius 1 is 1.26 bits per heavy atom. The Balaban J connectivity index is 2.71. The number of hydrogen-bond acceptors (Lipinski definition) is 4. The highest BCUT2D eigenvalue weighted by atomic mass is 16.2. The first kappa shape index (κ1) is 14.8. The molecule has 0 fully saturated rings. The fourth-order valence-corrected chi connectivity index (χ4v) is 1.57. The Labute approximate surface area is 112 Å². The number of hydrogen-bond donors (Lipinski definition) is 4. The average molecular weight is 264 g/mol. The van der Waals surface area contributed by atoms with E-state index in [0.29, 0.717) is 5.69 Å². The van der Waals surface area contributed by atoms with E-state index in [9.17, 15) is 9.59 Å². The van der Waals surface area contributed by atoms with E-state index in [1.165, 1.54) is 6.07 Å². The molecule has 0 bridgehead atoms. The summed E-state index contributed by atoms with van der Waals surface area (Å²) >= 11 is 0. The first-order chi connectivity index (χ1) is 8.70. The van der Waals surface area contributed by atoms with Crippen molar-refractivity contribution in [1.82, 2.24) is 5.32 Å². The third kappa shape index (κ3) is 4.50. The zero-order valence-corrected chi connectivity index (χ0v) is 11.4. The van der Waals surface area contributed by atoms with E-state index in [1.807, 2.05) is 20.8 Å². The summed E-state index contributed by atoms with van der Waals surface area (Å²) in [6, 6.07) is 4.88. The van der Waals surface area contributed by atoms with Crippen molar-refractivity contribution in [2.24, 2.45) is 5.73 Å². The highest BCUT2D eigenvalue weighted by Gasteiger charge is 2.14. The second kappa shape index (κ2) is 5.60. The quantitative estimate of drug-likeness (QED) is 0.600. The Bertz CT molecular complexity index is 492. The van der Waals surface area contributed by atoms with Crippen LogP contribution in [0.25, 0.3) is 0 Å². The number of nitrogens with two attached hydrogens (primary N) is 2. The molecule has 6 N–H and O–H groups in total. The molecule has 0 aliphatic rings. The van der Waals surface area contributed by atoms with Crippen LogP contribution in [0, 0.1) is 0 Å². The van der Waals surface area contributed by atoms with Gasteiger partial charge in [0.2, 0.25) is 5.91 Å². The van der Waals surface area contributed by atoms with Gasteiger partial charge in [0.05, 0.1) is 23.5 Å². The lowest BCUT2D eigenvalue weighted by Crippen LogP contribution is -2.43. The van der Waals surface area contributed by atoms with Crippen molar-refractivity contribution in [3.8, 4) is 0 Å². The Kier molecular flexibility index (Phi) is 4.37. The van der Waals surface area contributed by atoms with Gasteiger partial charge in [0.1, 0.15) is 0 Å². The van der Waals surface area contributed by atoms with Crippen LogP contribution in [0.4, 0.5) is 11.4 Å². The standard InChI is InChI=1S/C13H20N4O2/c1-13(2,3)17-10(18)7-16-9-6-4-5-8(11(9)14)12(15)19/h4-6,16H,7,14H2,1-3H3,(H2,15,19)(H,17,18). The predicted octanol–water partition coefficient (Wildman–Crippen LogP) is 0.694. The second-order valence-electron chi connectivity index (χ2n) is 5.28. The maximum absolute atomic E-state index is 11.7. The number of carbonyl (C=O) groups is 2. The van der Waals surface area contributed by atoms with Gasteiger partial charge in [-0.15, -0.1) is 0 Å². The number of amides is 2. The first-order valence-corrected chi connectivity index (χ1v) is 5.94. The fraction of sp³-hybridized carbons (Fsp3) is 0.385. The molecule has 0 saturated carbocycles. The van der Waals surface area contributed by atoms with E-state index >= 15 is 0 Å². The summed E-state index contributed by atoms with van der Waals surface area (Å²) in [5, 5.41) is 5.70. The van der Waals surface area contributed by atoms with Crippen molar-refractivity contribution >= 4 is 23.2 Å². The van der Waals surface area contributed by atoms with E-state index in [4.69, 9.17) is 11.5 Å². The maximum atomic E-state index is 11.7. The molecule has 0 spiro atoms. The molecule has 0 unspecified atom stereocenters. The van der Waals surface area contributed by atoms with Crippen LogP contribution in [0.1, 0.15) is 31.1 Å². The zero-order chi connectivity index (χ0) is 14.6. The summed E-state index contributed by atoms with van der Waals surface area (Å²) < 4.78 is 0. The molecule has 2 amide bonds. The lowest BCUT2D eigenvalue weighted by molar-refractivity contribution is -0.120. The minimum atomic E-state index is -0.597. The van der Waals surface area contributed by atoms with Gasteiger partial charge in [-0.3, -0.25) is 9.59 Å². The monoisotopic (exact) mass is 264 g/mol. The van der Waals surface area contributed by atoms with Crippen LogP contribution >= 0.6 is 0 Å². The zero-order valence-electron chi connectivity index (χ0n) is 11.4. The Morgan fingerprint density at radius 3 is 2.42 bits per heavy atom. The van der Waals surface area contributed by atoms with Gasteiger partial charge in [-0.05, 0) is 32.9 Å². The van der Waals surface area contributed by atoms with E-state index in [-0.39, 0.29) is 29.2 Å². The van der Waals surface area contributed by atoms with Gasteiger partial charge in [-0.25, -0.2) is 0 Å². The number of anilines is 2. The van der Waals surface area contributed by atoms with Crippen LogP contribution in [0.15, 0.2) is 18.2 Å². The summed E-state index contributed by atoms with van der Waals surface area (Å²) in [7, 11) is 0. The fourth-order valence-electron chi connectivity index (χ4n) is 1.57. The van der Waals surface area contributed by atoms with Crippen molar-refractivity contribution in [1.29, 1.82) is 0 Å². The van der Waals surface area contributed by atoms with Crippen molar-refractivity contribution in [2.45, 2.75) is 26.3 Å². The van der Waals surface area contributed by atoms with Gasteiger partial charge >= 0.3 is 0 Å². The summed E-state index contributed by atoms with van der Waals surface area (Å²) in [6.45, 7) is 5.76. The number of nitrogens with one attached hydrogen (secondary N) is 2. The van der Waals surface area contributed by atoms with E-state index < -0.39 is 5.91 Å². The summed E-state index contributed by atoms with van der Waals surface area (Å²) in [5.74, 6) is -0.753. The van der Waals surface area contributed by atoms with Crippen LogP contribution < -0.4 is 22.1 Å². The smallest absolute Gasteiger partial charge is 0.250 e. The molecule has 1 aromatic rings. The highest BCUT2D eigenvalue weighted by Crippen LogP contribution is 2.21. The van der Waals surface area contributed by atoms with Crippen LogP contribution in [-0.2, 0) is 4.79 Å². The van der Waals surface area contributed by atoms with E-state index in [0.717, 1.165) is 0 Å². The number of carbonyl (C=O) groups excluding carboxylic acids is 2. The number of rotatable bonds is 4. The average Bonchev–Trinajstić information content (AvgIpc) is 2.24. The topological polar surface area (TPSA) is 110 Å². The summed E-state index contributed by atoms with van der Waals surface area (Å²) in [6.07, 6.45) is 0. The van der Waals surface area contributed by atoms with Crippen LogP contribution in [0.3, 0.4) is 0 Å². The van der Waals surface area contributed by atoms with Gasteiger partial charge in [-0.1, -0.05) is 6.07 Å². The molecular weight excluding hydrogens is 244 g/mol. The number of para-hydroxylation sites is 1. The van der Waals surface area contributed by atoms with E-state index in [2.05, 4.69) is 10.6 Å². The van der Waals surface area contributed by atoms with Crippen molar-refractivity contribution in [3.63, 3.8) is 0 Å². The predicted molar refractivity (Wildman–Crippen MR) is 75.8 cm³/mol. The summed E-state index contributed by atoms with van der Waals surface area (Å²) in [4.78, 5) is 22.8. The lowest BCUT2D eigenvalue weighted by Gasteiger charge is -2.21. The van der Waals surface area contributed by atoms with E-state index in [1.54, 1.807) is 12.1 Å². The molecule has 1 aromatic carbocycles. The maximum Gasteiger partial charge on any atom is 0.250 e. The van der Waals surface area contributed by atoms with Crippen molar-refractivity contribution < 1.29 is 9.59 Å². The molecule has 104 valence electrons. The summed E-state index contributed by atoms with van der Waals surface area (Å²) in [5.41, 5.74) is 11.7. The van der Waals surface area contributed by atoms with Crippen LogP contribution in [0.2, 0.25) is 0 Å².